The number of ether oxygens (including phenoxy) is 2. The molecule has 0 unspecified atom stereocenters. The van der Waals surface area contributed by atoms with Gasteiger partial charge in [-0.1, -0.05) is 0 Å². The lowest BCUT2D eigenvalue weighted by Gasteiger charge is -2.48. The zero-order valence-corrected chi connectivity index (χ0v) is 17.1. The molecule has 1 aromatic carbocycles. The van der Waals surface area contributed by atoms with Gasteiger partial charge < -0.3 is 24.2 Å². The maximum atomic E-state index is 12.4. The van der Waals surface area contributed by atoms with E-state index < -0.39 is 5.60 Å². The molecular weight excluding hydrogens is 386 g/mol. The Balaban J connectivity index is 1.82. The Hall–Kier alpha value is -1.63. The van der Waals surface area contributed by atoms with E-state index in [9.17, 15) is 4.79 Å². The van der Waals surface area contributed by atoms with E-state index in [0.29, 0.717) is 13.1 Å². The van der Waals surface area contributed by atoms with Gasteiger partial charge in [0.2, 0.25) is 0 Å². The van der Waals surface area contributed by atoms with E-state index in [1.165, 1.54) is 5.69 Å². The summed E-state index contributed by atoms with van der Waals surface area (Å²) in [5.41, 5.74) is 1.86. The molecule has 1 amide bonds. The number of anilines is 2. The molecule has 2 aliphatic rings. The third-order valence-electron chi connectivity index (χ3n) is 4.59. The fraction of sp³-hybridized carbons (Fsp3) is 0.611. The first-order chi connectivity index (χ1) is 11.7. The molecule has 0 radical (unpaired) electrons. The van der Waals surface area contributed by atoms with Crippen LogP contribution in [0.5, 0.6) is 5.75 Å². The van der Waals surface area contributed by atoms with Gasteiger partial charge in [-0.15, -0.1) is 0 Å². The van der Waals surface area contributed by atoms with E-state index in [0.717, 1.165) is 29.0 Å². The van der Waals surface area contributed by atoms with E-state index >= 15 is 0 Å². The van der Waals surface area contributed by atoms with E-state index in [1.807, 2.05) is 25.7 Å². The third kappa shape index (κ3) is 3.66. The molecule has 0 N–H and O–H groups in total. The van der Waals surface area contributed by atoms with Gasteiger partial charge in [0, 0.05) is 39.3 Å². The number of hydrogen-bond donors (Lipinski definition) is 0. The molecule has 0 bridgehead atoms. The summed E-state index contributed by atoms with van der Waals surface area (Å²) in [5.74, 6) is 0.822. The number of benzene rings is 1. The molecule has 1 aromatic rings. The Morgan fingerprint density at radius 3 is 2.56 bits per heavy atom. The quantitative estimate of drug-likeness (QED) is 0.708. The second kappa shape index (κ2) is 6.59. The summed E-state index contributed by atoms with van der Waals surface area (Å²) in [6, 6.07) is 4.42. The summed E-state index contributed by atoms with van der Waals surface area (Å²) >= 11 is 3.57. The van der Waals surface area contributed by atoms with Crippen LogP contribution in [0, 0.1) is 0 Å². The number of methoxy groups -OCH3 is 1. The average molecular weight is 412 g/mol. The summed E-state index contributed by atoms with van der Waals surface area (Å²) in [6.07, 6.45) is -0.228. The van der Waals surface area contributed by atoms with Crippen molar-refractivity contribution in [2.24, 2.45) is 0 Å². The molecule has 1 atom stereocenters. The minimum atomic E-state index is -0.468. The van der Waals surface area contributed by atoms with E-state index in [-0.39, 0.29) is 12.1 Å². The summed E-state index contributed by atoms with van der Waals surface area (Å²) in [6.45, 7) is 8.67. The number of fused-ring (bicyclic) bond motifs is 3. The first kappa shape index (κ1) is 18.2. The first-order valence-electron chi connectivity index (χ1n) is 8.53. The van der Waals surface area contributed by atoms with Crippen molar-refractivity contribution in [3.63, 3.8) is 0 Å². The minimum Gasteiger partial charge on any atom is -0.495 e. The first-order valence-corrected chi connectivity index (χ1v) is 9.32. The van der Waals surface area contributed by atoms with Crippen LogP contribution in [-0.2, 0) is 4.74 Å². The maximum absolute atomic E-state index is 12.4. The fourth-order valence-corrected chi connectivity index (χ4v) is 3.95. The van der Waals surface area contributed by atoms with Crippen molar-refractivity contribution in [2.75, 3.05) is 50.1 Å². The van der Waals surface area contributed by atoms with Crippen LogP contribution in [0.25, 0.3) is 0 Å². The van der Waals surface area contributed by atoms with Crippen LogP contribution < -0.4 is 14.5 Å². The zero-order valence-electron chi connectivity index (χ0n) is 15.5. The lowest BCUT2D eigenvalue weighted by molar-refractivity contribution is 0.0215. The molecule has 1 saturated heterocycles. The predicted molar refractivity (Wildman–Crippen MR) is 103 cm³/mol. The van der Waals surface area contributed by atoms with Crippen molar-refractivity contribution in [2.45, 2.75) is 32.4 Å². The Morgan fingerprint density at radius 1 is 1.20 bits per heavy atom. The van der Waals surface area contributed by atoms with Crippen LogP contribution >= 0.6 is 15.9 Å². The highest BCUT2D eigenvalue weighted by Crippen LogP contribution is 2.42. The van der Waals surface area contributed by atoms with Crippen LogP contribution in [0.4, 0.5) is 16.2 Å². The van der Waals surface area contributed by atoms with Crippen LogP contribution in [0.15, 0.2) is 16.6 Å². The molecule has 0 aliphatic carbocycles. The van der Waals surface area contributed by atoms with Crippen LogP contribution in [0.1, 0.15) is 20.8 Å². The van der Waals surface area contributed by atoms with Crippen molar-refractivity contribution in [3.05, 3.63) is 16.6 Å². The van der Waals surface area contributed by atoms with Gasteiger partial charge in [-0.2, -0.15) is 0 Å². The van der Waals surface area contributed by atoms with Gasteiger partial charge in [0.25, 0.3) is 0 Å². The topological polar surface area (TPSA) is 45.3 Å². The number of amides is 1. The van der Waals surface area contributed by atoms with E-state index in [4.69, 9.17) is 9.47 Å². The normalized spacial score (nSPS) is 20.1. The molecule has 2 heterocycles. The molecule has 7 heteroatoms. The van der Waals surface area contributed by atoms with Crippen LogP contribution in [-0.4, -0.2) is 63.0 Å². The second-order valence-corrected chi connectivity index (χ2v) is 8.48. The van der Waals surface area contributed by atoms with Gasteiger partial charge >= 0.3 is 6.09 Å². The number of carbonyl (C=O) groups is 1. The maximum Gasteiger partial charge on any atom is 0.410 e. The van der Waals surface area contributed by atoms with Crippen molar-refractivity contribution >= 4 is 33.4 Å². The lowest BCUT2D eigenvalue weighted by atomic mass is 10.0. The third-order valence-corrected chi connectivity index (χ3v) is 5.21. The van der Waals surface area contributed by atoms with Crippen LogP contribution in [0.3, 0.4) is 0 Å². The van der Waals surface area contributed by atoms with Crippen molar-refractivity contribution < 1.29 is 14.3 Å². The Bertz CT molecular complexity index is 674. The molecule has 2 aliphatic heterocycles. The molecular formula is C18H26BrN3O3. The minimum absolute atomic E-state index is 0.228. The van der Waals surface area contributed by atoms with Crippen molar-refractivity contribution in [1.82, 2.24) is 4.90 Å². The van der Waals surface area contributed by atoms with E-state index in [2.05, 4.69) is 44.9 Å². The Kier molecular flexibility index (Phi) is 4.79. The van der Waals surface area contributed by atoms with Crippen LogP contribution in [0.2, 0.25) is 0 Å². The predicted octanol–water partition coefficient (Wildman–Crippen LogP) is 3.33. The summed E-state index contributed by atoms with van der Waals surface area (Å²) in [5, 5.41) is 0. The number of carbonyl (C=O) groups excluding carboxylic acids is 1. The highest BCUT2D eigenvalue weighted by Gasteiger charge is 2.37. The number of rotatable bonds is 1. The summed E-state index contributed by atoms with van der Waals surface area (Å²) < 4.78 is 11.9. The SMILES string of the molecule is COc1cc2c(cc1Br)N(C)C[C@H]1CN(C(=O)OC(C)(C)C)CCN21. The molecule has 138 valence electrons. The molecule has 6 nitrogen and oxygen atoms in total. The molecule has 0 spiro atoms. The van der Waals surface area contributed by atoms with Gasteiger partial charge in [-0.05, 0) is 42.8 Å². The highest BCUT2D eigenvalue weighted by atomic mass is 79.9. The molecule has 3 rings (SSSR count). The molecule has 0 saturated carbocycles. The van der Waals surface area contributed by atoms with Gasteiger partial charge in [-0.3, -0.25) is 0 Å². The molecule has 25 heavy (non-hydrogen) atoms. The van der Waals surface area contributed by atoms with E-state index in [1.54, 1.807) is 7.11 Å². The van der Waals surface area contributed by atoms with Gasteiger partial charge in [-0.25, -0.2) is 4.79 Å². The van der Waals surface area contributed by atoms with Gasteiger partial charge in [0.05, 0.1) is 29.0 Å². The Labute approximate surface area is 157 Å². The summed E-state index contributed by atoms with van der Waals surface area (Å²) in [4.78, 5) is 18.8. The Morgan fingerprint density at radius 2 is 1.92 bits per heavy atom. The summed E-state index contributed by atoms with van der Waals surface area (Å²) in [7, 11) is 3.76. The number of nitrogens with zero attached hydrogens (tertiary/aromatic N) is 3. The standard InChI is InChI=1S/C18H26BrN3O3/c1-18(2,3)25-17(23)21-6-7-22-12(11-21)10-20(4)14-8-13(19)16(24-5)9-15(14)22/h8-9,12H,6-7,10-11H2,1-5H3/t12-/m0/s1. The smallest absolute Gasteiger partial charge is 0.410 e. The van der Waals surface area contributed by atoms with Crippen molar-refractivity contribution in [3.8, 4) is 5.75 Å². The van der Waals surface area contributed by atoms with Crippen molar-refractivity contribution in [1.29, 1.82) is 0 Å². The monoisotopic (exact) mass is 411 g/mol. The second-order valence-electron chi connectivity index (χ2n) is 7.63. The number of hydrogen-bond acceptors (Lipinski definition) is 5. The highest BCUT2D eigenvalue weighted by molar-refractivity contribution is 9.10. The average Bonchev–Trinajstić information content (AvgIpc) is 2.52. The lowest BCUT2D eigenvalue weighted by Crippen LogP contribution is -2.60. The zero-order chi connectivity index (χ0) is 18.4. The van der Waals surface area contributed by atoms with Gasteiger partial charge in [0.15, 0.2) is 0 Å². The number of likely N-dealkylation sites (N-methyl/N-ethyl adjacent to an activating group) is 1. The number of halogens is 1. The number of piperazine rings is 1. The fourth-order valence-electron chi connectivity index (χ4n) is 3.46. The molecule has 0 aromatic heterocycles. The molecule has 1 fully saturated rings. The van der Waals surface area contributed by atoms with Gasteiger partial charge in [0.1, 0.15) is 11.4 Å². The largest absolute Gasteiger partial charge is 0.495 e.